The van der Waals surface area contributed by atoms with Gasteiger partial charge in [-0.3, -0.25) is 15.6 Å². The van der Waals surface area contributed by atoms with Crippen molar-refractivity contribution in [2.24, 2.45) is 10.2 Å². The molecule has 120 valence electrons. The number of hydrogen-bond donors (Lipinski definition) is 2. The maximum atomic E-state index is 12.0. The lowest BCUT2D eigenvalue weighted by Gasteiger charge is -2.04. The van der Waals surface area contributed by atoms with Gasteiger partial charge in [0.25, 0.3) is 5.91 Å². The minimum atomic E-state index is -0.226. The van der Waals surface area contributed by atoms with Gasteiger partial charge in [-0.25, -0.2) is 4.98 Å². The van der Waals surface area contributed by atoms with E-state index in [1.54, 1.807) is 12.1 Å². The third kappa shape index (κ3) is 4.02. The zero-order valence-electron chi connectivity index (χ0n) is 12.9. The minimum absolute atomic E-state index is 0.226. The van der Waals surface area contributed by atoms with Crippen molar-refractivity contribution >= 4 is 33.1 Å². The van der Waals surface area contributed by atoms with Gasteiger partial charge in [0, 0.05) is 5.56 Å². The molecule has 0 unspecified atom stereocenters. The van der Waals surface area contributed by atoms with E-state index in [-0.39, 0.29) is 5.91 Å². The van der Waals surface area contributed by atoms with Crippen LogP contribution in [0.3, 0.4) is 0 Å². The summed E-state index contributed by atoms with van der Waals surface area (Å²) < 4.78 is 0. The molecule has 0 aliphatic heterocycles. The predicted octanol–water partition coefficient (Wildman–Crippen LogP) is 4.62. The molecule has 0 saturated carbocycles. The highest BCUT2D eigenvalue weighted by Crippen LogP contribution is 2.31. The van der Waals surface area contributed by atoms with E-state index in [1.165, 1.54) is 11.3 Å². The standard InChI is InChI=1S/C17H15N5OS/c1-12-16(21-19-14-10-6-3-7-11-14)24-17(18-12)22-20-15(23)13-8-4-2-5-9-13/h2-11H,1H3,(H,18,22)(H,20,23). The van der Waals surface area contributed by atoms with E-state index in [4.69, 9.17) is 0 Å². The van der Waals surface area contributed by atoms with Crippen LogP contribution in [0.4, 0.5) is 15.8 Å². The van der Waals surface area contributed by atoms with Crippen molar-refractivity contribution in [1.82, 2.24) is 10.4 Å². The summed E-state index contributed by atoms with van der Waals surface area (Å²) in [4.78, 5) is 16.3. The number of nitrogens with one attached hydrogen (secondary N) is 2. The second kappa shape index (κ2) is 7.47. The monoisotopic (exact) mass is 337 g/mol. The molecule has 1 amide bonds. The Hall–Kier alpha value is -3.06. The number of carbonyl (C=O) groups is 1. The molecule has 2 aromatic carbocycles. The molecule has 3 rings (SSSR count). The molecule has 0 saturated heterocycles. The van der Waals surface area contributed by atoms with Crippen LogP contribution in [0.2, 0.25) is 0 Å². The van der Waals surface area contributed by atoms with Crippen LogP contribution in [0.15, 0.2) is 70.9 Å². The molecule has 6 nitrogen and oxygen atoms in total. The minimum Gasteiger partial charge on any atom is -0.273 e. The second-order valence-electron chi connectivity index (χ2n) is 4.89. The molecular formula is C17H15N5OS. The molecule has 0 spiro atoms. The number of hydrogen-bond acceptors (Lipinski definition) is 6. The number of carbonyl (C=O) groups excluding carboxylic acids is 1. The summed E-state index contributed by atoms with van der Waals surface area (Å²) in [5.41, 5.74) is 7.52. The molecule has 3 aromatic rings. The van der Waals surface area contributed by atoms with Gasteiger partial charge in [0.2, 0.25) is 5.13 Å². The number of nitrogens with zero attached hydrogens (tertiary/aromatic N) is 3. The Morgan fingerprint density at radius 1 is 1.00 bits per heavy atom. The summed E-state index contributed by atoms with van der Waals surface area (Å²) in [6.07, 6.45) is 0. The van der Waals surface area contributed by atoms with E-state index in [2.05, 4.69) is 26.1 Å². The van der Waals surface area contributed by atoms with E-state index in [9.17, 15) is 4.79 Å². The summed E-state index contributed by atoms with van der Waals surface area (Å²) in [6, 6.07) is 18.4. The average Bonchev–Trinajstić information content (AvgIpc) is 2.99. The Balaban J connectivity index is 1.64. The molecule has 24 heavy (non-hydrogen) atoms. The van der Waals surface area contributed by atoms with Gasteiger partial charge in [0.15, 0.2) is 5.00 Å². The first-order chi connectivity index (χ1) is 11.7. The van der Waals surface area contributed by atoms with Crippen LogP contribution in [-0.2, 0) is 0 Å². The van der Waals surface area contributed by atoms with Gasteiger partial charge in [-0.2, -0.15) is 0 Å². The van der Waals surface area contributed by atoms with Crippen molar-refractivity contribution in [3.63, 3.8) is 0 Å². The fourth-order valence-corrected chi connectivity index (χ4v) is 2.65. The van der Waals surface area contributed by atoms with Gasteiger partial charge in [-0.1, -0.05) is 47.7 Å². The van der Waals surface area contributed by atoms with Crippen LogP contribution in [0.5, 0.6) is 0 Å². The largest absolute Gasteiger partial charge is 0.273 e. The maximum absolute atomic E-state index is 12.0. The molecule has 0 fully saturated rings. The molecule has 2 N–H and O–H groups in total. The number of anilines is 1. The zero-order chi connectivity index (χ0) is 16.8. The molecule has 0 atom stereocenters. The third-order valence-electron chi connectivity index (χ3n) is 3.10. The third-order valence-corrected chi connectivity index (χ3v) is 4.06. The molecule has 1 aromatic heterocycles. The number of rotatable bonds is 5. The molecule has 0 aliphatic rings. The fraction of sp³-hybridized carbons (Fsp3) is 0.0588. The second-order valence-corrected chi connectivity index (χ2v) is 5.87. The summed E-state index contributed by atoms with van der Waals surface area (Å²) in [5.74, 6) is -0.226. The number of thiazole rings is 1. The van der Waals surface area contributed by atoms with Crippen molar-refractivity contribution in [3.8, 4) is 0 Å². The summed E-state index contributed by atoms with van der Waals surface area (Å²) in [5, 5.41) is 9.63. The van der Waals surface area contributed by atoms with Gasteiger partial charge in [0.1, 0.15) is 0 Å². The average molecular weight is 337 g/mol. The van der Waals surface area contributed by atoms with Crippen molar-refractivity contribution in [2.75, 3.05) is 5.43 Å². The number of aromatic nitrogens is 1. The summed E-state index contributed by atoms with van der Waals surface area (Å²) >= 11 is 1.32. The normalized spacial score (nSPS) is 10.7. The first kappa shape index (κ1) is 15.8. The van der Waals surface area contributed by atoms with Gasteiger partial charge < -0.3 is 0 Å². The molecular weight excluding hydrogens is 322 g/mol. The van der Waals surface area contributed by atoms with Crippen molar-refractivity contribution in [1.29, 1.82) is 0 Å². The van der Waals surface area contributed by atoms with Crippen molar-refractivity contribution in [2.45, 2.75) is 6.92 Å². The van der Waals surface area contributed by atoms with Crippen LogP contribution in [0.25, 0.3) is 0 Å². The van der Waals surface area contributed by atoms with Crippen LogP contribution < -0.4 is 10.9 Å². The predicted molar refractivity (Wildman–Crippen MR) is 95.0 cm³/mol. The Bertz CT molecular complexity index is 846. The molecule has 7 heteroatoms. The lowest BCUT2D eigenvalue weighted by Crippen LogP contribution is -2.29. The van der Waals surface area contributed by atoms with Crippen LogP contribution >= 0.6 is 11.3 Å². The zero-order valence-corrected chi connectivity index (χ0v) is 13.7. The Morgan fingerprint density at radius 3 is 2.38 bits per heavy atom. The van der Waals surface area contributed by atoms with Gasteiger partial charge in [0.05, 0.1) is 11.4 Å². The van der Waals surface area contributed by atoms with Gasteiger partial charge in [-0.15, -0.1) is 10.2 Å². The quantitative estimate of drug-likeness (QED) is 0.526. The van der Waals surface area contributed by atoms with E-state index < -0.39 is 0 Å². The highest BCUT2D eigenvalue weighted by molar-refractivity contribution is 7.19. The van der Waals surface area contributed by atoms with Crippen molar-refractivity contribution in [3.05, 3.63) is 71.9 Å². The SMILES string of the molecule is Cc1nc(NNC(=O)c2ccccc2)sc1N=Nc1ccccc1. The first-order valence-electron chi connectivity index (χ1n) is 7.28. The molecule has 0 radical (unpaired) electrons. The number of azo groups is 1. The molecule has 1 heterocycles. The number of aryl methyl sites for hydroxylation is 1. The Labute approximate surface area is 143 Å². The van der Waals surface area contributed by atoms with Crippen LogP contribution in [0.1, 0.15) is 16.1 Å². The lowest BCUT2D eigenvalue weighted by molar-refractivity contribution is 0.0962. The fourth-order valence-electron chi connectivity index (χ4n) is 1.90. The molecule has 0 bridgehead atoms. The number of amides is 1. The van der Waals surface area contributed by atoms with E-state index in [0.717, 1.165) is 11.4 Å². The van der Waals surface area contributed by atoms with Gasteiger partial charge in [-0.05, 0) is 31.2 Å². The lowest BCUT2D eigenvalue weighted by atomic mass is 10.2. The highest BCUT2D eigenvalue weighted by atomic mass is 32.1. The topological polar surface area (TPSA) is 78.7 Å². The highest BCUT2D eigenvalue weighted by Gasteiger charge is 2.09. The van der Waals surface area contributed by atoms with E-state index in [1.807, 2.05) is 55.5 Å². The number of hydrazine groups is 1. The van der Waals surface area contributed by atoms with Gasteiger partial charge >= 0.3 is 0 Å². The smallest absolute Gasteiger partial charge is 0.269 e. The van der Waals surface area contributed by atoms with Crippen LogP contribution in [0, 0.1) is 6.92 Å². The van der Waals surface area contributed by atoms with E-state index >= 15 is 0 Å². The summed E-state index contributed by atoms with van der Waals surface area (Å²) in [7, 11) is 0. The Morgan fingerprint density at radius 2 is 1.67 bits per heavy atom. The molecule has 0 aliphatic carbocycles. The summed E-state index contributed by atoms with van der Waals surface area (Å²) in [6.45, 7) is 1.85. The first-order valence-corrected chi connectivity index (χ1v) is 8.09. The van der Waals surface area contributed by atoms with E-state index in [0.29, 0.717) is 15.7 Å². The van der Waals surface area contributed by atoms with Crippen LogP contribution in [-0.4, -0.2) is 10.9 Å². The Kier molecular flexibility index (Phi) is 4.93. The number of benzene rings is 2. The maximum Gasteiger partial charge on any atom is 0.269 e. The van der Waals surface area contributed by atoms with Crippen molar-refractivity contribution < 1.29 is 4.79 Å².